The summed E-state index contributed by atoms with van der Waals surface area (Å²) < 4.78 is 0. The fourth-order valence-corrected chi connectivity index (χ4v) is 1.42. The zero-order chi connectivity index (χ0) is 7.84. The van der Waals surface area contributed by atoms with Gasteiger partial charge in [0.2, 0.25) is 0 Å². The van der Waals surface area contributed by atoms with Crippen molar-refractivity contribution in [2.45, 2.75) is 19.8 Å². The van der Waals surface area contributed by atoms with Crippen LogP contribution < -0.4 is 0 Å². The van der Waals surface area contributed by atoms with Gasteiger partial charge in [0.15, 0.2) is 0 Å². The van der Waals surface area contributed by atoms with Crippen LogP contribution in [-0.4, -0.2) is 6.21 Å². The molecule has 1 unspecified atom stereocenters. The summed E-state index contributed by atoms with van der Waals surface area (Å²) >= 11 is 0. The van der Waals surface area contributed by atoms with Crippen LogP contribution in [0.4, 0.5) is 5.69 Å². The highest BCUT2D eigenvalue weighted by molar-refractivity contribution is 5.80. The molecular weight excluding hydrogens is 134 g/mol. The third kappa shape index (κ3) is 0.967. The molecule has 1 aliphatic heterocycles. The Hall–Kier alpha value is -1.11. The highest BCUT2D eigenvalue weighted by Gasteiger charge is 2.12. The average molecular weight is 145 g/mol. The van der Waals surface area contributed by atoms with E-state index in [1.165, 1.54) is 11.1 Å². The summed E-state index contributed by atoms with van der Waals surface area (Å²) in [5.74, 6) is 0.505. The topological polar surface area (TPSA) is 12.4 Å². The van der Waals surface area contributed by atoms with E-state index in [9.17, 15) is 0 Å². The second-order valence-electron chi connectivity index (χ2n) is 3.13. The number of hydrogen-bond donors (Lipinski definition) is 0. The Morgan fingerprint density at radius 3 is 3.00 bits per heavy atom. The van der Waals surface area contributed by atoms with Gasteiger partial charge in [-0.25, -0.2) is 0 Å². The smallest absolute Gasteiger partial charge is 0.0667 e. The third-order valence-corrected chi connectivity index (χ3v) is 2.11. The van der Waals surface area contributed by atoms with Crippen LogP contribution in [-0.2, 0) is 0 Å². The number of fused-ring (bicyclic) bond motifs is 1. The Labute approximate surface area is 66.8 Å². The van der Waals surface area contributed by atoms with Gasteiger partial charge >= 0.3 is 0 Å². The highest BCUT2D eigenvalue weighted by atomic mass is 14.8. The van der Waals surface area contributed by atoms with Crippen LogP contribution in [0.2, 0.25) is 0 Å². The Morgan fingerprint density at radius 2 is 2.18 bits per heavy atom. The quantitative estimate of drug-likeness (QED) is 0.532. The Kier molecular flexibility index (Phi) is 1.31. The molecule has 0 radical (unpaired) electrons. The zero-order valence-electron chi connectivity index (χ0n) is 6.83. The Morgan fingerprint density at radius 1 is 1.36 bits per heavy atom. The number of aryl methyl sites for hydroxylation is 1. The van der Waals surface area contributed by atoms with E-state index < -0.39 is 0 Å². The molecule has 0 saturated heterocycles. The van der Waals surface area contributed by atoms with E-state index in [0.717, 1.165) is 5.69 Å². The molecule has 1 aromatic carbocycles. The summed E-state index contributed by atoms with van der Waals surface area (Å²) in [5.41, 5.74) is 3.79. The summed E-state index contributed by atoms with van der Waals surface area (Å²) in [4.78, 5) is 4.32. The van der Waals surface area contributed by atoms with Crippen molar-refractivity contribution in [3.63, 3.8) is 0 Å². The van der Waals surface area contributed by atoms with Crippen LogP contribution in [0.1, 0.15) is 24.0 Å². The largest absolute Gasteiger partial charge is 0.260 e. The van der Waals surface area contributed by atoms with Crippen LogP contribution >= 0.6 is 0 Å². The van der Waals surface area contributed by atoms with Crippen molar-refractivity contribution in [1.82, 2.24) is 0 Å². The van der Waals surface area contributed by atoms with Gasteiger partial charge in [0.05, 0.1) is 5.69 Å². The second kappa shape index (κ2) is 2.19. The van der Waals surface area contributed by atoms with Gasteiger partial charge in [-0.05, 0) is 24.1 Å². The maximum absolute atomic E-state index is 4.32. The first-order valence-electron chi connectivity index (χ1n) is 3.92. The standard InChI is InChI=1S/C10H11N/c1-7-3-4-9-8(2)6-11-10(9)5-7/h3-6,8H,1-2H3. The van der Waals surface area contributed by atoms with Gasteiger partial charge in [0.25, 0.3) is 0 Å². The summed E-state index contributed by atoms with van der Waals surface area (Å²) in [6.07, 6.45) is 2.00. The van der Waals surface area contributed by atoms with Gasteiger partial charge in [-0.1, -0.05) is 19.1 Å². The first kappa shape index (κ1) is 6.59. The Bertz CT molecular complexity index is 313. The maximum atomic E-state index is 4.32. The van der Waals surface area contributed by atoms with Crippen LogP contribution in [0.5, 0.6) is 0 Å². The van der Waals surface area contributed by atoms with Crippen LogP contribution in [0.25, 0.3) is 0 Å². The molecule has 0 bridgehead atoms. The molecule has 56 valence electrons. The van der Waals surface area contributed by atoms with Crippen LogP contribution in [0, 0.1) is 6.92 Å². The molecule has 1 heteroatoms. The Balaban J connectivity index is 2.58. The summed E-state index contributed by atoms with van der Waals surface area (Å²) in [6.45, 7) is 4.27. The van der Waals surface area contributed by atoms with Gasteiger partial charge in [0, 0.05) is 12.1 Å². The molecule has 0 amide bonds. The van der Waals surface area contributed by atoms with Crippen LogP contribution in [0.3, 0.4) is 0 Å². The fourth-order valence-electron chi connectivity index (χ4n) is 1.42. The molecule has 0 aliphatic carbocycles. The van der Waals surface area contributed by atoms with Crippen LogP contribution in [0.15, 0.2) is 23.2 Å². The van der Waals surface area contributed by atoms with Crippen molar-refractivity contribution in [1.29, 1.82) is 0 Å². The van der Waals surface area contributed by atoms with Crippen molar-refractivity contribution in [3.05, 3.63) is 29.3 Å². The minimum Gasteiger partial charge on any atom is -0.260 e. The number of aliphatic imine (C=N–C) groups is 1. The van der Waals surface area contributed by atoms with E-state index in [4.69, 9.17) is 0 Å². The predicted octanol–water partition coefficient (Wildman–Crippen LogP) is 2.81. The fraction of sp³-hybridized carbons (Fsp3) is 0.300. The molecule has 0 N–H and O–H groups in total. The van der Waals surface area contributed by atoms with E-state index >= 15 is 0 Å². The number of benzene rings is 1. The number of nitrogens with zero attached hydrogens (tertiary/aromatic N) is 1. The molecule has 0 saturated carbocycles. The molecule has 1 nitrogen and oxygen atoms in total. The lowest BCUT2D eigenvalue weighted by molar-refractivity contribution is 1.08. The molecule has 0 spiro atoms. The molecule has 1 atom stereocenters. The monoisotopic (exact) mass is 145 g/mol. The van der Waals surface area contributed by atoms with E-state index in [0.29, 0.717) is 5.92 Å². The minimum absolute atomic E-state index is 0.505. The molecule has 1 aliphatic rings. The van der Waals surface area contributed by atoms with Crippen molar-refractivity contribution in [2.24, 2.45) is 4.99 Å². The average Bonchev–Trinajstić information content (AvgIpc) is 2.32. The number of rotatable bonds is 0. The summed E-state index contributed by atoms with van der Waals surface area (Å²) in [6, 6.07) is 6.45. The normalized spacial score (nSPS) is 20.4. The van der Waals surface area contributed by atoms with Crippen molar-refractivity contribution >= 4 is 11.9 Å². The maximum Gasteiger partial charge on any atom is 0.0667 e. The van der Waals surface area contributed by atoms with E-state index in [1.807, 2.05) is 6.21 Å². The highest BCUT2D eigenvalue weighted by Crippen LogP contribution is 2.31. The predicted molar refractivity (Wildman–Crippen MR) is 47.7 cm³/mol. The van der Waals surface area contributed by atoms with Crippen molar-refractivity contribution in [2.75, 3.05) is 0 Å². The van der Waals surface area contributed by atoms with E-state index in [2.05, 4.69) is 37.0 Å². The van der Waals surface area contributed by atoms with Gasteiger partial charge in [-0.3, -0.25) is 4.99 Å². The molecule has 0 fully saturated rings. The van der Waals surface area contributed by atoms with E-state index in [-0.39, 0.29) is 0 Å². The molecule has 1 aromatic rings. The lowest BCUT2D eigenvalue weighted by Gasteiger charge is -2.01. The van der Waals surface area contributed by atoms with Crippen molar-refractivity contribution in [3.8, 4) is 0 Å². The molecular formula is C10H11N. The lowest BCUT2D eigenvalue weighted by atomic mass is 10.0. The lowest BCUT2D eigenvalue weighted by Crippen LogP contribution is -1.87. The first-order valence-corrected chi connectivity index (χ1v) is 3.92. The number of hydrogen-bond acceptors (Lipinski definition) is 1. The van der Waals surface area contributed by atoms with Gasteiger partial charge < -0.3 is 0 Å². The summed E-state index contributed by atoms with van der Waals surface area (Å²) in [5, 5.41) is 0. The first-order chi connectivity index (χ1) is 5.27. The van der Waals surface area contributed by atoms with Gasteiger partial charge in [0.1, 0.15) is 0 Å². The summed E-state index contributed by atoms with van der Waals surface area (Å²) in [7, 11) is 0. The molecule has 2 rings (SSSR count). The van der Waals surface area contributed by atoms with Gasteiger partial charge in [-0.15, -0.1) is 0 Å². The molecule has 0 aromatic heterocycles. The second-order valence-corrected chi connectivity index (χ2v) is 3.13. The molecule has 1 heterocycles. The molecule has 11 heavy (non-hydrogen) atoms. The SMILES string of the molecule is Cc1ccc2c(c1)N=CC2C. The van der Waals surface area contributed by atoms with Gasteiger partial charge in [-0.2, -0.15) is 0 Å². The van der Waals surface area contributed by atoms with E-state index in [1.54, 1.807) is 0 Å². The third-order valence-electron chi connectivity index (χ3n) is 2.11. The van der Waals surface area contributed by atoms with Crippen molar-refractivity contribution < 1.29 is 0 Å². The zero-order valence-corrected chi connectivity index (χ0v) is 6.83. The minimum atomic E-state index is 0.505.